The third kappa shape index (κ3) is 2.57. The van der Waals surface area contributed by atoms with Gasteiger partial charge in [-0.15, -0.1) is 12.4 Å². The number of carbonyl (C=O) groups excluding carboxylic acids is 1. The largest absolute Gasteiger partial charge is 0.325 e. The van der Waals surface area contributed by atoms with Crippen LogP contribution in [0.25, 0.3) is 0 Å². The standard InChI is InChI=1S/C16H22N2O.ClH/c1-16(17)10-5-4-7-13(16)15(19)18-11-9-12-6-2-3-8-14(12)18;/h2-3,6,8,13H,4-5,7,9-11,17H2,1H3;1H. The molecular formula is C16H23ClN2O. The Morgan fingerprint density at radius 1 is 1.35 bits per heavy atom. The fourth-order valence-electron chi connectivity index (χ4n) is 3.52. The minimum atomic E-state index is -0.340. The molecule has 1 heterocycles. The number of rotatable bonds is 1. The number of hydrogen-bond donors (Lipinski definition) is 1. The van der Waals surface area contributed by atoms with Gasteiger partial charge in [-0.3, -0.25) is 4.79 Å². The molecule has 1 aliphatic heterocycles. The molecule has 0 saturated heterocycles. The topological polar surface area (TPSA) is 46.3 Å². The molecule has 110 valence electrons. The highest BCUT2D eigenvalue weighted by atomic mass is 35.5. The second-order valence-electron chi connectivity index (χ2n) is 6.17. The van der Waals surface area contributed by atoms with Gasteiger partial charge in [0.2, 0.25) is 5.91 Å². The first-order valence-corrected chi connectivity index (χ1v) is 7.28. The van der Waals surface area contributed by atoms with E-state index in [-0.39, 0.29) is 29.8 Å². The van der Waals surface area contributed by atoms with Gasteiger partial charge in [0.1, 0.15) is 0 Å². The maximum atomic E-state index is 12.8. The Bertz CT molecular complexity index is 501. The Labute approximate surface area is 126 Å². The van der Waals surface area contributed by atoms with Crippen LogP contribution in [-0.2, 0) is 11.2 Å². The van der Waals surface area contributed by atoms with Crippen LogP contribution in [0.2, 0.25) is 0 Å². The molecule has 2 aliphatic rings. The van der Waals surface area contributed by atoms with Gasteiger partial charge in [-0.05, 0) is 37.8 Å². The lowest BCUT2D eigenvalue weighted by molar-refractivity contribution is -0.125. The average molecular weight is 295 g/mol. The molecule has 3 rings (SSSR count). The van der Waals surface area contributed by atoms with Gasteiger partial charge in [-0.25, -0.2) is 0 Å². The van der Waals surface area contributed by atoms with E-state index in [1.165, 1.54) is 5.56 Å². The van der Waals surface area contributed by atoms with E-state index in [0.29, 0.717) is 0 Å². The SMILES string of the molecule is CC1(N)CCCCC1C(=O)N1CCc2ccccc21.Cl. The molecule has 2 unspecified atom stereocenters. The minimum Gasteiger partial charge on any atom is -0.325 e. The van der Waals surface area contributed by atoms with Crippen molar-refractivity contribution in [2.24, 2.45) is 11.7 Å². The zero-order chi connectivity index (χ0) is 13.5. The van der Waals surface area contributed by atoms with Crippen molar-refractivity contribution in [1.29, 1.82) is 0 Å². The van der Waals surface area contributed by atoms with Crippen LogP contribution in [0, 0.1) is 5.92 Å². The maximum absolute atomic E-state index is 12.8. The highest BCUT2D eigenvalue weighted by molar-refractivity contribution is 5.97. The van der Waals surface area contributed by atoms with E-state index >= 15 is 0 Å². The first-order chi connectivity index (χ1) is 9.09. The fourth-order valence-corrected chi connectivity index (χ4v) is 3.52. The van der Waals surface area contributed by atoms with Crippen molar-refractivity contribution >= 4 is 24.0 Å². The maximum Gasteiger partial charge on any atom is 0.231 e. The third-order valence-electron chi connectivity index (χ3n) is 4.71. The Morgan fingerprint density at radius 3 is 2.85 bits per heavy atom. The number of amides is 1. The smallest absolute Gasteiger partial charge is 0.231 e. The summed E-state index contributed by atoms with van der Waals surface area (Å²) >= 11 is 0. The van der Waals surface area contributed by atoms with Gasteiger partial charge in [0, 0.05) is 17.8 Å². The van der Waals surface area contributed by atoms with E-state index < -0.39 is 0 Å². The van der Waals surface area contributed by atoms with E-state index in [1.807, 2.05) is 24.0 Å². The zero-order valence-corrected chi connectivity index (χ0v) is 12.8. The summed E-state index contributed by atoms with van der Waals surface area (Å²) in [5.74, 6) is 0.210. The first-order valence-electron chi connectivity index (χ1n) is 7.28. The Hall–Kier alpha value is -1.06. The van der Waals surface area contributed by atoms with Crippen LogP contribution in [0.3, 0.4) is 0 Å². The van der Waals surface area contributed by atoms with Crippen molar-refractivity contribution in [2.75, 3.05) is 11.4 Å². The van der Waals surface area contributed by atoms with Crippen LogP contribution in [0.4, 0.5) is 5.69 Å². The normalized spacial score (nSPS) is 28.7. The molecule has 1 aromatic carbocycles. The van der Waals surface area contributed by atoms with E-state index in [4.69, 9.17) is 5.73 Å². The van der Waals surface area contributed by atoms with Crippen LogP contribution in [0.5, 0.6) is 0 Å². The predicted octanol–water partition coefficient (Wildman–Crippen LogP) is 2.91. The molecule has 20 heavy (non-hydrogen) atoms. The lowest BCUT2D eigenvalue weighted by Crippen LogP contribution is -2.53. The minimum absolute atomic E-state index is 0. The Balaban J connectivity index is 0.00000147. The zero-order valence-electron chi connectivity index (χ0n) is 12.0. The summed E-state index contributed by atoms with van der Waals surface area (Å²) in [7, 11) is 0. The molecule has 0 aromatic heterocycles. The van der Waals surface area contributed by atoms with E-state index in [9.17, 15) is 4.79 Å². The van der Waals surface area contributed by atoms with Crippen molar-refractivity contribution in [3.63, 3.8) is 0 Å². The second-order valence-corrected chi connectivity index (χ2v) is 6.17. The van der Waals surface area contributed by atoms with Crippen molar-refractivity contribution in [1.82, 2.24) is 0 Å². The number of halogens is 1. The number of anilines is 1. The molecule has 0 spiro atoms. The molecule has 1 fully saturated rings. The predicted molar refractivity (Wildman–Crippen MR) is 84.3 cm³/mol. The lowest BCUT2D eigenvalue weighted by Gasteiger charge is -2.39. The fraction of sp³-hybridized carbons (Fsp3) is 0.562. The van der Waals surface area contributed by atoms with E-state index in [0.717, 1.165) is 44.3 Å². The molecule has 1 amide bonds. The molecule has 4 heteroatoms. The summed E-state index contributed by atoms with van der Waals surface area (Å²) in [6.45, 7) is 2.85. The first kappa shape index (κ1) is 15.3. The van der Waals surface area contributed by atoms with Crippen LogP contribution in [0.1, 0.15) is 38.2 Å². The lowest BCUT2D eigenvalue weighted by atomic mass is 9.74. The van der Waals surface area contributed by atoms with Gasteiger partial charge < -0.3 is 10.6 Å². The number of para-hydroxylation sites is 1. The number of fused-ring (bicyclic) bond motifs is 1. The van der Waals surface area contributed by atoms with E-state index in [1.54, 1.807) is 0 Å². The monoisotopic (exact) mass is 294 g/mol. The Kier molecular flexibility index (Phi) is 4.40. The number of nitrogens with two attached hydrogens (primary N) is 1. The molecule has 0 radical (unpaired) electrons. The summed E-state index contributed by atoms with van der Waals surface area (Å²) in [5.41, 5.74) is 8.40. The second kappa shape index (κ2) is 5.74. The molecule has 3 nitrogen and oxygen atoms in total. The van der Waals surface area contributed by atoms with Crippen molar-refractivity contribution in [2.45, 2.75) is 44.6 Å². The molecule has 0 bridgehead atoms. The van der Waals surface area contributed by atoms with Gasteiger partial charge in [-0.2, -0.15) is 0 Å². The van der Waals surface area contributed by atoms with Crippen molar-refractivity contribution in [3.8, 4) is 0 Å². The van der Waals surface area contributed by atoms with Gasteiger partial charge in [0.05, 0.1) is 5.92 Å². The van der Waals surface area contributed by atoms with Crippen LogP contribution >= 0.6 is 12.4 Å². The van der Waals surface area contributed by atoms with Crippen LogP contribution in [-0.4, -0.2) is 18.0 Å². The highest BCUT2D eigenvalue weighted by Gasteiger charge is 2.41. The van der Waals surface area contributed by atoms with Crippen molar-refractivity contribution < 1.29 is 4.79 Å². The summed E-state index contributed by atoms with van der Waals surface area (Å²) in [4.78, 5) is 14.8. The molecule has 1 aromatic rings. The molecule has 2 atom stereocenters. The van der Waals surface area contributed by atoms with Crippen LogP contribution < -0.4 is 10.6 Å². The van der Waals surface area contributed by atoms with Crippen molar-refractivity contribution in [3.05, 3.63) is 29.8 Å². The number of benzene rings is 1. The summed E-state index contributed by atoms with van der Waals surface area (Å²) in [6, 6.07) is 8.22. The third-order valence-corrected chi connectivity index (χ3v) is 4.71. The number of carbonyl (C=O) groups is 1. The van der Waals surface area contributed by atoms with Gasteiger partial charge in [0.25, 0.3) is 0 Å². The summed E-state index contributed by atoms with van der Waals surface area (Å²) < 4.78 is 0. The summed E-state index contributed by atoms with van der Waals surface area (Å²) in [5, 5.41) is 0. The van der Waals surface area contributed by atoms with Gasteiger partial charge in [0.15, 0.2) is 0 Å². The molecule has 1 aliphatic carbocycles. The molecular weight excluding hydrogens is 272 g/mol. The number of hydrogen-bond acceptors (Lipinski definition) is 2. The number of nitrogens with zero attached hydrogens (tertiary/aromatic N) is 1. The quantitative estimate of drug-likeness (QED) is 0.866. The van der Waals surface area contributed by atoms with Gasteiger partial charge >= 0.3 is 0 Å². The molecule has 2 N–H and O–H groups in total. The average Bonchev–Trinajstić information content (AvgIpc) is 2.81. The summed E-state index contributed by atoms with van der Waals surface area (Å²) in [6.07, 6.45) is 5.13. The molecule has 1 saturated carbocycles. The highest BCUT2D eigenvalue weighted by Crippen LogP contribution is 2.36. The van der Waals surface area contributed by atoms with Gasteiger partial charge in [-0.1, -0.05) is 31.0 Å². The van der Waals surface area contributed by atoms with E-state index in [2.05, 4.69) is 12.1 Å². The Morgan fingerprint density at radius 2 is 2.10 bits per heavy atom. The van der Waals surface area contributed by atoms with Crippen LogP contribution in [0.15, 0.2) is 24.3 Å².